The third-order valence-corrected chi connectivity index (χ3v) is 3.78. The first-order valence-electron chi connectivity index (χ1n) is 5.39. The summed E-state index contributed by atoms with van der Waals surface area (Å²) < 4.78 is 64.9. The molecule has 0 aliphatic carbocycles. The predicted molar refractivity (Wildman–Crippen MR) is 62.9 cm³/mol. The van der Waals surface area contributed by atoms with Crippen LogP contribution in [0.15, 0.2) is 29.2 Å². The second-order valence-electron chi connectivity index (χ2n) is 4.03. The first kappa shape index (κ1) is 15.9. The molecule has 0 saturated carbocycles. The highest BCUT2D eigenvalue weighted by Gasteiger charge is 2.39. The van der Waals surface area contributed by atoms with E-state index in [1.54, 1.807) is 6.92 Å². The summed E-state index contributed by atoms with van der Waals surface area (Å²) in [5.74, 6) is -2.01. The van der Waals surface area contributed by atoms with Crippen LogP contribution in [0.2, 0.25) is 0 Å². The Morgan fingerprint density at radius 2 is 1.79 bits per heavy atom. The van der Waals surface area contributed by atoms with Crippen molar-refractivity contribution in [2.45, 2.75) is 18.0 Å². The van der Waals surface area contributed by atoms with Crippen molar-refractivity contribution in [1.82, 2.24) is 0 Å². The minimum Gasteiger partial charge on any atom is -0.330 e. The normalized spacial score (nSPS) is 14.4. The van der Waals surface area contributed by atoms with E-state index in [0.717, 1.165) is 5.56 Å². The molecule has 19 heavy (non-hydrogen) atoms. The van der Waals surface area contributed by atoms with Crippen LogP contribution in [0.1, 0.15) is 5.56 Å². The average Bonchev–Trinajstić information content (AvgIpc) is 2.28. The Morgan fingerprint density at radius 3 is 2.21 bits per heavy atom. The maximum absolute atomic E-state index is 12.4. The third-order valence-electron chi connectivity index (χ3n) is 2.48. The summed E-state index contributed by atoms with van der Waals surface area (Å²) in [7, 11) is -4.20. The van der Waals surface area contributed by atoms with Gasteiger partial charge in [-0.15, -0.1) is 0 Å². The minimum atomic E-state index is -4.59. The quantitative estimate of drug-likeness (QED) is 0.842. The van der Waals surface area contributed by atoms with Crippen LogP contribution in [-0.4, -0.2) is 27.7 Å². The molecule has 0 radical (unpaired) electrons. The molecule has 4 nitrogen and oxygen atoms in total. The fourth-order valence-corrected chi connectivity index (χ4v) is 2.19. The molecule has 0 heterocycles. The molecule has 0 amide bonds. The number of alkyl halides is 3. The first-order chi connectivity index (χ1) is 8.66. The lowest BCUT2D eigenvalue weighted by molar-refractivity contribution is -0.178. The Morgan fingerprint density at radius 1 is 1.26 bits per heavy atom. The van der Waals surface area contributed by atoms with Crippen LogP contribution in [0.25, 0.3) is 0 Å². The predicted octanol–water partition coefficient (Wildman–Crippen LogP) is 1.84. The van der Waals surface area contributed by atoms with Gasteiger partial charge in [0.25, 0.3) is 10.1 Å². The van der Waals surface area contributed by atoms with Gasteiger partial charge in [0.1, 0.15) is 0 Å². The van der Waals surface area contributed by atoms with Gasteiger partial charge >= 0.3 is 6.18 Å². The molecule has 1 atom stereocenters. The lowest BCUT2D eigenvalue weighted by atomic mass is 10.1. The molecular formula is C11H14F3NO3S. The van der Waals surface area contributed by atoms with Crippen LogP contribution in [0.4, 0.5) is 13.2 Å². The van der Waals surface area contributed by atoms with Crippen molar-refractivity contribution < 1.29 is 25.8 Å². The summed E-state index contributed by atoms with van der Waals surface area (Å²) in [4.78, 5) is -0.184. The van der Waals surface area contributed by atoms with Gasteiger partial charge in [-0.1, -0.05) is 17.7 Å². The molecule has 8 heteroatoms. The van der Waals surface area contributed by atoms with Crippen molar-refractivity contribution in [3.8, 4) is 0 Å². The van der Waals surface area contributed by atoms with E-state index in [1.165, 1.54) is 24.3 Å². The Hall–Kier alpha value is -1.12. The molecule has 1 rings (SSSR count). The highest BCUT2D eigenvalue weighted by atomic mass is 32.2. The molecule has 0 saturated heterocycles. The van der Waals surface area contributed by atoms with Crippen LogP contribution in [-0.2, 0) is 14.3 Å². The van der Waals surface area contributed by atoms with E-state index < -0.39 is 35.4 Å². The zero-order valence-corrected chi connectivity index (χ0v) is 11.0. The van der Waals surface area contributed by atoms with E-state index in [-0.39, 0.29) is 4.90 Å². The van der Waals surface area contributed by atoms with Gasteiger partial charge in [0.15, 0.2) is 0 Å². The Balaban J connectivity index is 2.78. The maximum atomic E-state index is 12.4. The average molecular weight is 297 g/mol. The highest BCUT2D eigenvalue weighted by Crippen LogP contribution is 2.26. The Kier molecular flexibility index (Phi) is 4.94. The summed E-state index contributed by atoms with van der Waals surface area (Å²) >= 11 is 0. The van der Waals surface area contributed by atoms with Crippen molar-refractivity contribution in [3.05, 3.63) is 29.8 Å². The molecular weight excluding hydrogens is 283 g/mol. The van der Waals surface area contributed by atoms with Crippen molar-refractivity contribution in [2.75, 3.05) is 13.2 Å². The van der Waals surface area contributed by atoms with E-state index in [0.29, 0.717) is 0 Å². The van der Waals surface area contributed by atoms with E-state index in [9.17, 15) is 21.6 Å². The molecule has 1 aromatic rings. The SMILES string of the molecule is Cc1ccc(S(=O)(=O)OC[C@H](CN)C(F)(F)F)cc1. The molecule has 0 fully saturated rings. The van der Waals surface area contributed by atoms with Crippen LogP contribution >= 0.6 is 0 Å². The smallest absolute Gasteiger partial charge is 0.330 e. The molecule has 0 bridgehead atoms. The summed E-state index contributed by atoms with van der Waals surface area (Å²) in [6, 6.07) is 5.60. The highest BCUT2D eigenvalue weighted by molar-refractivity contribution is 7.86. The first-order valence-corrected chi connectivity index (χ1v) is 6.80. The van der Waals surface area contributed by atoms with E-state index in [1.807, 2.05) is 0 Å². The van der Waals surface area contributed by atoms with E-state index >= 15 is 0 Å². The lowest BCUT2D eigenvalue weighted by Gasteiger charge is -2.18. The number of benzene rings is 1. The fourth-order valence-electron chi connectivity index (χ4n) is 1.24. The molecule has 108 valence electrons. The van der Waals surface area contributed by atoms with E-state index in [4.69, 9.17) is 5.73 Å². The number of hydrogen-bond acceptors (Lipinski definition) is 4. The maximum Gasteiger partial charge on any atom is 0.395 e. The van der Waals surface area contributed by atoms with Gasteiger partial charge in [0.05, 0.1) is 17.4 Å². The number of aryl methyl sites for hydroxylation is 1. The van der Waals surface area contributed by atoms with Gasteiger partial charge in [-0.2, -0.15) is 21.6 Å². The van der Waals surface area contributed by atoms with Crippen molar-refractivity contribution in [3.63, 3.8) is 0 Å². The minimum absolute atomic E-state index is 0.184. The number of rotatable bonds is 5. The van der Waals surface area contributed by atoms with Crippen LogP contribution in [0.3, 0.4) is 0 Å². The van der Waals surface area contributed by atoms with Gasteiger partial charge in [0, 0.05) is 6.54 Å². The Labute approximate surface area is 109 Å². The van der Waals surface area contributed by atoms with E-state index in [2.05, 4.69) is 4.18 Å². The second-order valence-corrected chi connectivity index (χ2v) is 5.64. The number of nitrogens with two attached hydrogens (primary N) is 1. The second kappa shape index (κ2) is 5.89. The lowest BCUT2D eigenvalue weighted by Crippen LogP contribution is -2.34. The van der Waals surface area contributed by atoms with Gasteiger partial charge in [-0.3, -0.25) is 4.18 Å². The summed E-state index contributed by atoms with van der Waals surface area (Å²) in [6.07, 6.45) is -4.59. The molecule has 0 spiro atoms. The Bertz CT molecular complexity index is 511. The van der Waals surface area contributed by atoms with Gasteiger partial charge in [0.2, 0.25) is 0 Å². The largest absolute Gasteiger partial charge is 0.395 e. The topological polar surface area (TPSA) is 69.4 Å². The van der Waals surface area contributed by atoms with Gasteiger partial charge < -0.3 is 5.73 Å². The van der Waals surface area contributed by atoms with Crippen LogP contribution in [0, 0.1) is 12.8 Å². The number of hydrogen-bond donors (Lipinski definition) is 1. The molecule has 0 unspecified atom stereocenters. The third kappa shape index (κ3) is 4.48. The van der Waals surface area contributed by atoms with Crippen molar-refractivity contribution in [1.29, 1.82) is 0 Å². The molecule has 1 aromatic carbocycles. The van der Waals surface area contributed by atoms with Crippen LogP contribution in [0.5, 0.6) is 0 Å². The zero-order valence-electron chi connectivity index (χ0n) is 10.1. The summed E-state index contributed by atoms with van der Waals surface area (Å²) in [6.45, 7) is 0.00842. The molecule has 0 aliphatic heterocycles. The number of halogens is 3. The fraction of sp³-hybridized carbons (Fsp3) is 0.455. The molecule has 0 aliphatic rings. The zero-order chi connectivity index (χ0) is 14.7. The molecule has 0 aromatic heterocycles. The van der Waals surface area contributed by atoms with Crippen LogP contribution < -0.4 is 5.73 Å². The van der Waals surface area contributed by atoms with Gasteiger partial charge in [-0.25, -0.2) is 0 Å². The van der Waals surface area contributed by atoms with Crippen molar-refractivity contribution in [2.24, 2.45) is 11.7 Å². The van der Waals surface area contributed by atoms with Gasteiger partial charge in [-0.05, 0) is 19.1 Å². The standard InChI is InChI=1S/C11H14F3NO3S/c1-8-2-4-10(5-3-8)19(16,17)18-7-9(6-15)11(12,13)14/h2-5,9H,6-7,15H2,1H3/t9-/m0/s1. The molecule has 2 N–H and O–H groups in total. The summed E-state index contributed by atoms with van der Waals surface area (Å²) in [5.41, 5.74) is 5.78. The van der Waals surface area contributed by atoms with Crippen molar-refractivity contribution >= 4 is 10.1 Å². The monoisotopic (exact) mass is 297 g/mol. The summed E-state index contributed by atoms with van der Waals surface area (Å²) in [5, 5.41) is 0.